The second-order valence-corrected chi connectivity index (χ2v) is 8.83. The van der Waals surface area contributed by atoms with Crippen molar-refractivity contribution in [2.75, 3.05) is 0 Å². The molecule has 1 fully saturated rings. The topological polar surface area (TPSA) is 139 Å². The van der Waals surface area contributed by atoms with Crippen molar-refractivity contribution < 1.29 is 22.3 Å². The highest BCUT2D eigenvalue weighted by molar-refractivity contribution is 9.10. The molecular weight excluding hydrogens is 474 g/mol. The first-order chi connectivity index (χ1) is 13.2. The highest BCUT2D eigenvalue weighted by atomic mass is 79.9. The fourth-order valence-electron chi connectivity index (χ4n) is 2.17. The molecule has 12 heteroatoms. The lowest BCUT2D eigenvalue weighted by Crippen LogP contribution is -2.18. The Hall–Kier alpha value is -2.70. The number of rotatable bonds is 5. The smallest absolute Gasteiger partial charge is 0.339 e. The lowest BCUT2D eigenvalue weighted by atomic mass is 10.2. The Kier molecular flexibility index (Phi) is 5.54. The highest BCUT2D eigenvalue weighted by Crippen LogP contribution is 2.31. The van der Waals surface area contributed by atoms with Gasteiger partial charge in [-0.25, -0.2) is 0 Å². The summed E-state index contributed by atoms with van der Waals surface area (Å²) in [7, 11) is -4.19. The third-order valence-electron chi connectivity index (χ3n) is 3.45. The molecule has 144 valence electrons. The number of amides is 1. The van der Waals surface area contributed by atoms with Crippen LogP contribution in [-0.4, -0.2) is 24.4 Å². The van der Waals surface area contributed by atoms with Crippen LogP contribution in [0, 0.1) is 15.5 Å². The van der Waals surface area contributed by atoms with Crippen molar-refractivity contribution in [3.63, 3.8) is 0 Å². The average molecular weight is 484 g/mol. The van der Waals surface area contributed by atoms with Gasteiger partial charge < -0.3 is 9.50 Å². The van der Waals surface area contributed by atoms with E-state index in [1.54, 1.807) is 18.2 Å². The number of carbonyl (C=O) groups is 1. The van der Waals surface area contributed by atoms with Crippen molar-refractivity contribution in [3.05, 3.63) is 67.5 Å². The SMILES string of the molecule is N=C1NC(=O)/C(=C/c2ccc(OS(=O)(=O)c3ccc([N+](=O)[O-])cc3)c(Br)c2)S1. The van der Waals surface area contributed by atoms with Gasteiger partial charge in [-0.2, -0.15) is 8.42 Å². The fourth-order valence-corrected chi connectivity index (χ4v) is 4.40. The number of amidine groups is 1. The normalized spacial score (nSPS) is 15.5. The molecule has 0 aromatic heterocycles. The van der Waals surface area contributed by atoms with E-state index in [1.807, 2.05) is 0 Å². The molecule has 1 saturated heterocycles. The molecule has 0 spiro atoms. The van der Waals surface area contributed by atoms with Crippen molar-refractivity contribution in [3.8, 4) is 5.75 Å². The number of nitro benzene ring substituents is 1. The Bertz CT molecular complexity index is 1130. The van der Waals surface area contributed by atoms with Crippen molar-refractivity contribution in [2.45, 2.75) is 4.90 Å². The van der Waals surface area contributed by atoms with E-state index in [2.05, 4.69) is 21.2 Å². The van der Waals surface area contributed by atoms with Gasteiger partial charge in [0.1, 0.15) is 4.90 Å². The molecule has 2 N–H and O–H groups in total. The predicted octanol–water partition coefficient (Wildman–Crippen LogP) is 3.26. The van der Waals surface area contributed by atoms with Gasteiger partial charge in [0.25, 0.3) is 11.6 Å². The van der Waals surface area contributed by atoms with Gasteiger partial charge >= 0.3 is 10.1 Å². The molecule has 0 atom stereocenters. The summed E-state index contributed by atoms with van der Waals surface area (Å²) in [6.45, 7) is 0. The number of hydrogen-bond donors (Lipinski definition) is 2. The molecule has 2 aromatic carbocycles. The maximum absolute atomic E-state index is 12.4. The Morgan fingerprint density at radius 3 is 2.43 bits per heavy atom. The third-order valence-corrected chi connectivity index (χ3v) is 6.15. The molecule has 1 aliphatic rings. The summed E-state index contributed by atoms with van der Waals surface area (Å²) in [6.07, 6.45) is 1.56. The zero-order valence-electron chi connectivity index (χ0n) is 13.7. The van der Waals surface area contributed by atoms with Gasteiger partial charge in [0, 0.05) is 12.1 Å². The van der Waals surface area contributed by atoms with Crippen LogP contribution >= 0.6 is 27.7 Å². The molecule has 1 aliphatic heterocycles. The number of nitro groups is 1. The zero-order chi connectivity index (χ0) is 20.5. The summed E-state index contributed by atoms with van der Waals surface area (Å²) in [6, 6.07) is 8.83. The molecule has 0 saturated carbocycles. The number of thioether (sulfide) groups is 1. The molecule has 0 unspecified atom stereocenters. The molecule has 1 amide bonds. The molecule has 9 nitrogen and oxygen atoms in total. The minimum absolute atomic E-state index is 0.0109. The van der Waals surface area contributed by atoms with E-state index in [-0.39, 0.29) is 27.4 Å². The minimum atomic E-state index is -4.19. The lowest BCUT2D eigenvalue weighted by Gasteiger charge is -2.09. The Morgan fingerprint density at radius 1 is 1.21 bits per heavy atom. The largest absolute Gasteiger partial charge is 0.378 e. The van der Waals surface area contributed by atoms with Crippen LogP contribution in [0.25, 0.3) is 6.08 Å². The van der Waals surface area contributed by atoms with Gasteiger partial charge in [0.15, 0.2) is 10.9 Å². The molecule has 0 bridgehead atoms. The van der Waals surface area contributed by atoms with Crippen LogP contribution in [0.5, 0.6) is 5.75 Å². The number of halogens is 1. The van der Waals surface area contributed by atoms with Crippen LogP contribution < -0.4 is 9.50 Å². The van der Waals surface area contributed by atoms with Crippen molar-refractivity contribution in [1.29, 1.82) is 5.41 Å². The van der Waals surface area contributed by atoms with Gasteiger partial charge in [0.2, 0.25) is 0 Å². The summed E-state index contributed by atoms with van der Waals surface area (Å²) < 4.78 is 30.2. The minimum Gasteiger partial charge on any atom is -0.378 e. The molecule has 28 heavy (non-hydrogen) atoms. The van der Waals surface area contributed by atoms with Crippen LogP contribution in [0.3, 0.4) is 0 Å². The van der Waals surface area contributed by atoms with E-state index in [0.29, 0.717) is 14.9 Å². The van der Waals surface area contributed by atoms with Gasteiger partial charge in [-0.1, -0.05) is 6.07 Å². The van der Waals surface area contributed by atoms with Crippen LogP contribution in [0.1, 0.15) is 5.56 Å². The Labute approximate surface area is 171 Å². The predicted molar refractivity (Wildman–Crippen MR) is 106 cm³/mol. The van der Waals surface area contributed by atoms with Gasteiger partial charge in [-0.3, -0.25) is 20.3 Å². The summed E-state index contributed by atoms with van der Waals surface area (Å²) in [4.78, 5) is 21.8. The second-order valence-electron chi connectivity index (χ2n) is 5.37. The van der Waals surface area contributed by atoms with E-state index in [1.165, 1.54) is 6.07 Å². The first-order valence-electron chi connectivity index (χ1n) is 7.44. The second kappa shape index (κ2) is 7.73. The first kappa shape index (κ1) is 20.0. The van der Waals surface area contributed by atoms with Gasteiger partial charge in [-0.05, 0) is 63.6 Å². The van der Waals surface area contributed by atoms with Crippen molar-refractivity contribution in [1.82, 2.24) is 5.32 Å². The Morgan fingerprint density at radius 2 is 1.89 bits per heavy atom. The standard InChI is InChI=1S/C16H10BrN3O6S2/c17-12-7-9(8-14-15(21)19-16(18)27-14)1-6-13(12)26-28(24,25)11-4-2-10(3-5-11)20(22)23/h1-8H,(H2,18,19,21)/b14-8-. The zero-order valence-corrected chi connectivity index (χ0v) is 16.9. The van der Waals surface area contributed by atoms with Crippen LogP contribution in [0.4, 0.5) is 5.69 Å². The van der Waals surface area contributed by atoms with Crippen molar-refractivity contribution >= 4 is 60.6 Å². The molecule has 0 radical (unpaired) electrons. The van der Waals surface area contributed by atoms with E-state index >= 15 is 0 Å². The molecule has 2 aromatic rings. The first-order valence-corrected chi connectivity index (χ1v) is 10.5. The summed E-state index contributed by atoms with van der Waals surface area (Å²) >= 11 is 4.20. The molecular formula is C16H10BrN3O6S2. The molecule has 1 heterocycles. The van der Waals surface area contributed by atoms with Gasteiger partial charge in [0.05, 0.1) is 14.3 Å². The number of nitrogens with one attached hydrogen (secondary N) is 2. The number of nitrogens with zero attached hydrogens (tertiary/aromatic N) is 1. The number of benzene rings is 2. The maximum atomic E-state index is 12.4. The lowest BCUT2D eigenvalue weighted by molar-refractivity contribution is -0.384. The van der Waals surface area contributed by atoms with E-state index in [4.69, 9.17) is 9.59 Å². The van der Waals surface area contributed by atoms with E-state index in [9.17, 15) is 23.3 Å². The van der Waals surface area contributed by atoms with Crippen LogP contribution in [0.15, 0.2) is 56.7 Å². The fraction of sp³-hybridized carbons (Fsp3) is 0. The highest BCUT2D eigenvalue weighted by Gasteiger charge is 2.23. The van der Waals surface area contributed by atoms with Crippen LogP contribution in [0.2, 0.25) is 0 Å². The monoisotopic (exact) mass is 483 g/mol. The maximum Gasteiger partial charge on any atom is 0.339 e. The van der Waals surface area contributed by atoms with Crippen LogP contribution in [-0.2, 0) is 14.9 Å². The third kappa shape index (κ3) is 4.40. The van der Waals surface area contributed by atoms with E-state index in [0.717, 1.165) is 36.0 Å². The average Bonchev–Trinajstić information content (AvgIpc) is 2.94. The number of non-ortho nitro benzene ring substituents is 1. The van der Waals surface area contributed by atoms with Gasteiger partial charge in [-0.15, -0.1) is 0 Å². The molecule has 0 aliphatic carbocycles. The number of carbonyl (C=O) groups excluding carboxylic acids is 1. The summed E-state index contributed by atoms with van der Waals surface area (Å²) in [5.74, 6) is -0.371. The Balaban J connectivity index is 1.82. The molecule has 3 rings (SSSR count). The number of hydrogen-bond acceptors (Lipinski definition) is 8. The summed E-state index contributed by atoms with van der Waals surface area (Å²) in [5.41, 5.74) is 0.360. The van der Waals surface area contributed by atoms with E-state index < -0.39 is 15.0 Å². The quantitative estimate of drug-likeness (QED) is 0.287. The van der Waals surface area contributed by atoms with Crippen molar-refractivity contribution in [2.24, 2.45) is 0 Å². The summed E-state index contributed by atoms with van der Waals surface area (Å²) in [5, 5.41) is 20.5.